The van der Waals surface area contributed by atoms with Crippen molar-refractivity contribution in [1.82, 2.24) is 0 Å². The standard InChI is InChI=1S/C28H34NOSi2/c1-17-22-11-10-20(31(4,5)6)15-23(22)18(2)28-25(17)27-26-19(12-13-29(27)3)14-21(32(7,8)9)16-24(26)30-28/h10-16H,1-9H3/q+1. The van der Waals surface area contributed by atoms with E-state index in [-0.39, 0.29) is 0 Å². The molecule has 0 unspecified atom stereocenters. The summed E-state index contributed by atoms with van der Waals surface area (Å²) in [6.45, 7) is 19.0. The zero-order valence-electron chi connectivity index (χ0n) is 20.9. The van der Waals surface area contributed by atoms with Gasteiger partial charge in [0, 0.05) is 11.6 Å². The molecular formula is C28H34NOSi2+. The first kappa shape index (κ1) is 21.4. The van der Waals surface area contributed by atoms with Crippen LogP contribution in [0.5, 0.6) is 11.5 Å². The van der Waals surface area contributed by atoms with Crippen molar-refractivity contribution in [2.75, 3.05) is 0 Å². The molecule has 32 heavy (non-hydrogen) atoms. The Morgan fingerprint density at radius 1 is 0.750 bits per heavy atom. The zero-order valence-corrected chi connectivity index (χ0v) is 22.9. The molecule has 2 heterocycles. The van der Waals surface area contributed by atoms with Crippen LogP contribution in [-0.2, 0) is 7.05 Å². The van der Waals surface area contributed by atoms with Crippen LogP contribution in [0.4, 0.5) is 0 Å². The van der Waals surface area contributed by atoms with E-state index in [4.69, 9.17) is 4.74 Å². The Morgan fingerprint density at radius 3 is 2.09 bits per heavy atom. The van der Waals surface area contributed by atoms with Crippen LogP contribution in [0.15, 0.2) is 42.6 Å². The van der Waals surface area contributed by atoms with Gasteiger partial charge in [0.05, 0.1) is 27.1 Å². The predicted molar refractivity (Wildman–Crippen MR) is 144 cm³/mol. The minimum atomic E-state index is -1.48. The summed E-state index contributed by atoms with van der Waals surface area (Å²) >= 11 is 0. The van der Waals surface area contributed by atoms with Crippen molar-refractivity contribution in [3.63, 3.8) is 0 Å². The first-order chi connectivity index (χ1) is 14.9. The molecule has 164 valence electrons. The maximum Gasteiger partial charge on any atom is 0.228 e. The van der Waals surface area contributed by atoms with Gasteiger partial charge < -0.3 is 4.74 Å². The summed E-state index contributed by atoms with van der Waals surface area (Å²) in [7, 11) is -0.717. The lowest BCUT2D eigenvalue weighted by molar-refractivity contribution is -0.659. The second-order valence-corrected chi connectivity index (χ2v) is 21.7. The second-order valence-electron chi connectivity index (χ2n) is 11.5. The van der Waals surface area contributed by atoms with Crippen molar-refractivity contribution in [3.8, 4) is 22.8 Å². The Kier molecular flexibility index (Phi) is 4.54. The molecule has 0 saturated carbocycles. The highest BCUT2D eigenvalue weighted by Crippen LogP contribution is 2.50. The quantitative estimate of drug-likeness (QED) is 0.224. The first-order valence-electron chi connectivity index (χ1n) is 11.6. The molecule has 0 atom stereocenters. The van der Waals surface area contributed by atoms with Crippen molar-refractivity contribution < 1.29 is 9.30 Å². The number of pyridine rings is 1. The minimum Gasteiger partial charge on any atom is -0.455 e. The monoisotopic (exact) mass is 456 g/mol. The topological polar surface area (TPSA) is 13.1 Å². The SMILES string of the molecule is Cc1c2c(c(C)c3ccc([Si](C)(C)C)cc13)-c1c3c(cc([Si](C)(C)C)cc3cc[n+]1C)O2. The number of aryl methyl sites for hydroxylation is 3. The summed E-state index contributed by atoms with van der Waals surface area (Å²) < 4.78 is 9.08. The summed E-state index contributed by atoms with van der Waals surface area (Å²) in [6.07, 6.45) is 2.21. The van der Waals surface area contributed by atoms with Gasteiger partial charge in [-0.15, -0.1) is 0 Å². The lowest BCUT2D eigenvalue weighted by atomic mass is 9.89. The van der Waals surface area contributed by atoms with Crippen LogP contribution in [0.25, 0.3) is 32.8 Å². The fraction of sp³-hybridized carbons (Fsp3) is 0.321. The van der Waals surface area contributed by atoms with Crippen LogP contribution in [0.2, 0.25) is 39.3 Å². The molecule has 0 fully saturated rings. The van der Waals surface area contributed by atoms with Gasteiger partial charge in [0.15, 0.2) is 6.20 Å². The third-order valence-corrected chi connectivity index (χ3v) is 11.2. The molecule has 1 aliphatic heterocycles. The van der Waals surface area contributed by atoms with E-state index in [2.05, 4.69) is 107 Å². The molecule has 4 aromatic rings. The number of ether oxygens (including phenoxy) is 1. The van der Waals surface area contributed by atoms with Gasteiger partial charge in [-0.2, -0.15) is 0 Å². The molecule has 0 saturated heterocycles. The van der Waals surface area contributed by atoms with Crippen molar-refractivity contribution in [2.45, 2.75) is 53.1 Å². The van der Waals surface area contributed by atoms with E-state index >= 15 is 0 Å². The number of hydrogen-bond acceptors (Lipinski definition) is 1. The van der Waals surface area contributed by atoms with Gasteiger partial charge in [0.25, 0.3) is 0 Å². The number of hydrogen-bond donors (Lipinski definition) is 0. The third-order valence-electron chi connectivity index (χ3n) is 7.15. The minimum absolute atomic E-state index is 1.02. The van der Waals surface area contributed by atoms with Crippen LogP contribution in [0.1, 0.15) is 11.1 Å². The molecule has 0 radical (unpaired) electrons. The molecule has 1 aromatic heterocycles. The molecule has 5 rings (SSSR count). The van der Waals surface area contributed by atoms with E-state index in [9.17, 15) is 0 Å². The van der Waals surface area contributed by atoms with E-state index in [0.717, 1.165) is 11.5 Å². The van der Waals surface area contributed by atoms with E-state index in [1.54, 1.807) is 0 Å². The Hall–Kier alpha value is -2.44. The molecule has 0 N–H and O–H groups in total. The zero-order chi connectivity index (χ0) is 23.2. The molecule has 3 aromatic carbocycles. The lowest BCUT2D eigenvalue weighted by Crippen LogP contribution is -2.38. The van der Waals surface area contributed by atoms with Gasteiger partial charge in [-0.05, 0) is 41.6 Å². The smallest absolute Gasteiger partial charge is 0.228 e. The number of aromatic nitrogens is 1. The fourth-order valence-electron chi connectivity index (χ4n) is 5.07. The third kappa shape index (κ3) is 3.07. The molecule has 0 spiro atoms. The highest BCUT2D eigenvalue weighted by Gasteiger charge is 2.33. The average Bonchev–Trinajstić information content (AvgIpc) is 2.71. The normalized spacial score (nSPS) is 13.4. The molecule has 1 aliphatic rings. The van der Waals surface area contributed by atoms with Gasteiger partial charge in [-0.25, -0.2) is 4.57 Å². The van der Waals surface area contributed by atoms with Gasteiger partial charge in [0.2, 0.25) is 5.69 Å². The van der Waals surface area contributed by atoms with E-state index < -0.39 is 16.1 Å². The number of benzene rings is 3. The van der Waals surface area contributed by atoms with Gasteiger partial charge in [-0.3, -0.25) is 0 Å². The van der Waals surface area contributed by atoms with Crippen molar-refractivity contribution >= 4 is 48.1 Å². The Bertz CT molecular complexity index is 1440. The summed E-state index contributed by atoms with van der Waals surface area (Å²) in [6, 6.07) is 14.1. The van der Waals surface area contributed by atoms with Crippen LogP contribution < -0.4 is 19.7 Å². The van der Waals surface area contributed by atoms with E-state index in [1.165, 1.54) is 54.3 Å². The van der Waals surface area contributed by atoms with Gasteiger partial charge in [-0.1, -0.05) is 73.9 Å². The molecule has 0 aliphatic carbocycles. The maximum absolute atomic E-state index is 6.81. The fourth-order valence-corrected chi connectivity index (χ4v) is 7.38. The molecule has 2 nitrogen and oxygen atoms in total. The van der Waals surface area contributed by atoms with Crippen LogP contribution in [-0.4, -0.2) is 16.1 Å². The van der Waals surface area contributed by atoms with Crippen molar-refractivity contribution in [1.29, 1.82) is 0 Å². The molecular weight excluding hydrogens is 422 g/mol. The second kappa shape index (κ2) is 6.78. The summed E-state index contributed by atoms with van der Waals surface area (Å²) in [5.74, 6) is 2.05. The predicted octanol–water partition coefficient (Wildman–Crippen LogP) is 6.30. The summed E-state index contributed by atoms with van der Waals surface area (Å²) in [5.41, 5.74) is 5.09. The number of rotatable bonds is 2. The molecule has 0 bridgehead atoms. The highest BCUT2D eigenvalue weighted by molar-refractivity contribution is 6.89. The van der Waals surface area contributed by atoms with Crippen molar-refractivity contribution in [3.05, 3.63) is 53.7 Å². The Balaban J connectivity index is 1.91. The summed E-state index contributed by atoms with van der Waals surface area (Å²) in [5, 5.41) is 8.14. The largest absolute Gasteiger partial charge is 0.455 e. The average molecular weight is 457 g/mol. The summed E-state index contributed by atoms with van der Waals surface area (Å²) in [4.78, 5) is 0. The van der Waals surface area contributed by atoms with Crippen LogP contribution >= 0.6 is 0 Å². The van der Waals surface area contributed by atoms with Gasteiger partial charge in [0.1, 0.15) is 18.5 Å². The Morgan fingerprint density at radius 2 is 1.44 bits per heavy atom. The highest BCUT2D eigenvalue weighted by atomic mass is 28.3. The van der Waals surface area contributed by atoms with E-state index in [1.807, 2.05) is 0 Å². The van der Waals surface area contributed by atoms with Crippen LogP contribution in [0, 0.1) is 13.8 Å². The molecule has 0 amide bonds. The Labute approximate surface area is 193 Å². The van der Waals surface area contributed by atoms with Gasteiger partial charge >= 0.3 is 0 Å². The first-order valence-corrected chi connectivity index (χ1v) is 18.6. The maximum atomic E-state index is 6.81. The van der Waals surface area contributed by atoms with Crippen molar-refractivity contribution in [2.24, 2.45) is 7.05 Å². The lowest BCUT2D eigenvalue weighted by Gasteiger charge is -2.27. The molecule has 4 heteroatoms. The number of nitrogens with zero attached hydrogens (tertiary/aromatic N) is 1. The number of fused-ring (bicyclic) bond motifs is 3. The van der Waals surface area contributed by atoms with E-state index in [0.29, 0.717) is 0 Å². The van der Waals surface area contributed by atoms with Crippen LogP contribution in [0.3, 0.4) is 0 Å².